The van der Waals surface area contributed by atoms with Gasteiger partial charge in [0.1, 0.15) is 12.0 Å². The third kappa shape index (κ3) is 3.90. The Morgan fingerprint density at radius 3 is 2.58 bits per heavy atom. The summed E-state index contributed by atoms with van der Waals surface area (Å²) in [5.41, 5.74) is 2.13. The summed E-state index contributed by atoms with van der Waals surface area (Å²) >= 11 is 12.0. The maximum absolute atomic E-state index is 6.07. The van der Waals surface area contributed by atoms with E-state index >= 15 is 0 Å². The van der Waals surface area contributed by atoms with E-state index in [9.17, 15) is 0 Å². The standard InChI is InChI=1S/C16H15Cl2N5O/c1-23(2)6-5-15-21-16(22-24-15)14-8-13(19-9-20-14)10-3-4-11(17)12(18)7-10/h3-4,7-9H,5-6H2,1-2H3. The van der Waals surface area contributed by atoms with E-state index < -0.39 is 0 Å². The van der Waals surface area contributed by atoms with E-state index in [2.05, 4.69) is 25.0 Å². The molecule has 6 nitrogen and oxygen atoms in total. The average molecular weight is 364 g/mol. The molecule has 0 spiro atoms. The molecule has 0 atom stereocenters. The van der Waals surface area contributed by atoms with Crippen LogP contribution in [0.2, 0.25) is 10.0 Å². The minimum Gasteiger partial charge on any atom is -0.339 e. The molecule has 0 fully saturated rings. The van der Waals surface area contributed by atoms with Crippen molar-refractivity contribution in [3.8, 4) is 22.8 Å². The van der Waals surface area contributed by atoms with Gasteiger partial charge in [0.2, 0.25) is 11.7 Å². The second-order valence-electron chi connectivity index (χ2n) is 5.48. The van der Waals surface area contributed by atoms with E-state index in [4.69, 9.17) is 27.7 Å². The van der Waals surface area contributed by atoms with Crippen molar-refractivity contribution in [2.75, 3.05) is 20.6 Å². The molecule has 0 radical (unpaired) electrons. The number of halogens is 2. The predicted octanol–water partition coefficient (Wildman–Crippen LogP) is 3.60. The zero-order valence-electron chi connectivity index (χ0n) is 13.2. The summed E-state index contributed by atoms with van der Waals surface area (Å²) in [6.45, 7) is 0.833. The van der Waals surface area contributed by atoms with Crippen LogP contribution < -0.4 is 0 Å². The first-order valence-electron chi connectivity index (χ1n) is 7.28. The summed E-state index contributed by atoms with van der Waals surface area (Å²) in [5, 5.41) is 4.96. The SMILES string of the molecule is CN(C)CCc1nc(-c2cc(-c3ccc(Cl)c(Cl)c3)ncn2)no1. The first-order chi connectivity index (χ1) is 11.5. The van der Waals surface area contributed by atoms with Crippen LogP contribution in [0.3, 0.4) is 0 Å². The van der Waals surface area contributed by atoms with Crippen molar-refractivity contribution in [3.63, 3.8) is 0 Å². The summed E-state index contributed by atoms with van der Waals surface area (Å²) in [5.74, 6) is 1.01. The summed E-state index contributed by atoms with van der Waals surface area (Å²) in [6, 6.07) is 7.13. The van der Waals surface area contributed by atoms with Crippen molar-refractivity contribution in [2.24, 2.45) is 0 Å². The molecule has 0 unspecified atom stereocenters. The molecular weight excluding hydrogens is 349 g/mol. The summed E-state index contributed by atoms with van der Waals surface area (Å²) < 4.78 is 5.26. The Bertz CT molecular complexity index is 850. The number of nitrogens with zero attached hydrogens (tertiary/aromatic N) is 5. The lowest BCUT2D eigenvalue weighted by molar-refractivity contribution is 0.344. The fourth-order valence-electron chi connectivity index (χ4n) is 2.07. The summed E-state index contributed by atoms with van der Waals surface area (Å²) in [6.07, 6.45) is 2.15. The molecule has 0 aliphatic carbocycles. The summed E-state index contributed by atoms with van der Waals surface area (Å²) in [4.78, 5) is 14.9. The van der Waals surface area contributed by atoms with E-state index in [1.807, 2.05) is 20.2 Å². The molecule has 0 aliphatic rings. The number of rotatable bonds is 5. The summed E-state index contributed by atoms with van der Waals surface area (Å²) in [7, 11) is 3.98. The van der Waals surface area contributed by atoms with Gasteiger partial charge >= 0.3 is 0 Å². The zero-order valence-corrected chi connectivity index (χ0v) is 14.7. The monoisotopic (exact) mass is 363 g/mol. The Kier molecular flexibility index (Phi) is 5.08. The van der Waals surface area contributed by atoms with Gasteiger partial charge in [0.25, 0.3) is 0 Å². The Morgan fingerprint density at radius 1 is 1.04 bits per heavy atom. The molecular formula is C16H15Cl2N5O. The van der Waals surface area contributed by atoms with Crippen LogP contribution in [0.1, 0.15) is 5.89 Å². The predicted molar refractivity (Wildman–Crippen MR) is 93.0 cm³/mol. The molecule has 0 saturated heterocycles. The van der Waals surface area contributed by atoms with Crippen LogP contribution in [0, 0.1) is 0 Å². The molecule has 0 N–H and O–H groups in total. The van der Waals surface area contributed by atoms with Gasteiger partial charge < -0.3 is 9.42 Å². The Morgan fingerprint density at radius 2 is 1.83 bits per heavy atom. The van der Waals surface area contributed by atoms with Crippen molar-refractivity contribution in [1.82, 2.24) is 25.0 Å². The van der Waals surface area contributed by atoms with Gasteiger partial charge in [-0.05, 0) is 32.3 Å². The number of hydrogen-bond donors (Lipinski definition) is 0. The fourth-order valence-corrected chi connectivity index (χ4v) is 2.37. The van der Waals surface area contributed by atoms with Gasteiger partial charge in [-0.25, -0.2) is 9.97 Å². The third-order valence-corrected chi connectivity index (χ3v) is 4.09. The highest BCUT2D eigenvalue weighted by molar-refractivity contribution is 6.42. The number of benzene rings is 1. The van der Waals surface area contributed by atoms with Crippen LogP contribution in [0.5, 0.6) is 0 Å². The molecule has 2 aromatic heterocycles. The molecule has 0 aliphatic heterocycles. The highest BCUT2D eigenvalue weighted by atomic mass is 35.5. The van der Waals surface area contributed by atoms with Gasteiger partial charge in [0, 0.05) is 18.5 Å². The fraction of sp³-hybridized carbons (Fsp3) is 0.250. The second-order valence-corrected chi connectivity index (χ2v) is 6.30. The van der Waals surface area contributed by atoms with Gasteiger partial charge in [-0.1, -0.05) is 34.4 Å². The maximum atomic E-state index is 6.07. The minimum atomic E-state index is 0.437. The minimum absolute atomic E-state index is 0.437. The third-order valence-electron chi connectivity index (χ3n) is 3.35. The lowest BCUT2D eigenvalue weighted by Crippen LogP contribution is -2.15. The van der Waals surface area contributed by atoms with Crippen LogP contribution in [0.15, 0.2) is 35.1 Å². The van der Waals surface area contributed by atoms with Crippen LogP contribution in [0.25, 0.3) is 22.8 Å². The van der Waals surface area contributed by atoms with Gasteiger partial charge in [-0.2, -0.15) is 4.98 Å². The highest BCUT2D eigenvalue weighted by Crippen LogP contribution is 2.28. The van der Waals surface area contributed by atoms with E-state index in [0.717, 1.165) is 12.1 Å². The van der Waals surface area contributed by atoms with Crippen LogP contribution in [-0.4, -0.2) is 45.6 Å². The van der Waals surface area contributed by atoms with Crippen molar-refractivity contribution in [3.05, 3.63) is 46.5 Å². The van der Waals surface area contributed by atoms with Gasteiger partial charge in [0.05, 0.1) is 15.7 Å². The van der Waals surface area contributed by atoms with Crippen LogP contribution in [-0.2, 0) is 6.42 Å². The molecule has 0 saturated carbocycles. The smallest absolute Gasteiger partial charge is 0.228 e. The first-order valence-corrected chi connectivity index (χ1v) is 8.03. The average Bonchev–Trinajstić information content (AvgIpc) is 3.05. The highest BCUT2D eigenvalue weighted by Gasteiger charge is 2.12. The van der Waals surface area contributed by atoms with E-state index in [1.165, 1.54) is 6.33 Å². The van der Waals surface area contributed by atoms with E-state index in [0.29, 0.717) is 39.6 Å². The van der Waals surface area contributed by atoms with Crippen molar-refractivity contribution >= 4 is 23.2 Å². The normalized spacial score (nSPS) is 11.2. The quantitative estimate of drug-likeness (QED) is 0.689. The lowest BCUT2D eigenvalue weighted by Gasteiger charge is -2.05. The Labute approximate surface area is 149 Å². The molecule has 0 bridgehead atoms. The van der Waals surface area contributed by atoms with Gasteiger partial charge in [0.15, 0.2) is 0 Å². The largest absolute Gasteiger partial charge is 0.339 e. The number of hydrogen-bond acceptors (Lipinski definition) is 6. The molecule has 0 amide bonds. The molecule has 1 aromatic carbocycles. The Hall–Kier alpha value is -2.02. The van der Waals surface area contributed by atoms with Crippen molar-refractivity contribution in [2.45, 2.75) is 6.42 Å². The zero-order chi connectivity index (χ0) is 17.1. The lowest BCUT2D eigenvalue weighted by atomic mass is 10.1. The van der Waals surface area contributed by atoms with Crippen molar-refractivity contribution < 1.29 is 4.52 Å². The topological polar surface area (TPSA) is 67.9 Å². The van der Waals surface area contributed by atoms with Crippen LogP contribution in [0.4, 0.5) is 0 Å². The van der Waals surface area contributed by atoms with Gasteiger partial charge in [-0.3, -0.25) is 0 Å². The van der Waals surface area contributed by atoms with E-state index in [1.54, 1.807) is 18.2 Å². The number of likely N-dealkylation sites (N-methyl/N-ethyl adjacent to an activating group) is 1. The molecule has 24 heavy (non-hydrogen) atoms. The maximum Gasteiger partial charge on any atom is 0.228 e. The molecule has 124 valence electrons. The van der Waals surface area contributed by atoms with Crippen LogP contribution >= 0.6 is 23.2 Å². The molecule has 2 heterocycles. The molecule has 3 rings (SSSR count). The first kappa shape index (κ1) is 16.8. The van der Waals surface area contributed by atoms with Gasteiger partial charge in [-0.15, -0.1) is 0 Å². The van der Waals surface area contributed by atoms with Crippen molar-refractivity contribution in [1.29, 1.82) is 0 Å². The van der Waals surface area contributed by atoms with E-state index in [-0.39, 0.29) is 0 Å². The second kappa shape index (κ2) is 7.25. The molecule has 8 heteroatoms. The number of aromatic nitrogens is 4. The molecule has 3 aromatic rings. The Balaban J connectivity index is 1.86.